The minimum atomic E-state index is -0.855. The molecule has 6 aromatic heterocycles. The summed E-state index contributed by atoms with van der Waals surface area (Å²) in [5.74, 6) is -1.43. The number of hydrogen-bond acceptors (Lipinski definition) is 18. The standard InChI is InChI=1S/C28H31ClFN5O3.2C24H29ClFN5O3/c1-14(2)38-25-20(15(3)27-33-17(5)24-26(31)32-11-12-35(24)27)13-21(29)23(30)22(25)28(36)34-16(4)18-7-9-19(37-6)10-8-18;1-11(2)34-20-15(12(3)22-29-13(4)19-21(27)28-6-7-31(19)22)8-16(25)18(26)17(20)23(33)30-24(5)9-14(32)10-24;1-12(2)34-21-16(13(3)23-30-14(4)20-22(27)28-6-7-31(20)23)9-17(25)19(26)18(21)24(32)29-10-15-5-8-33-11-15/h7-16H,1-6H3,(H2,31,32)(H,34,36);6-8,11-12,14,32H,9-10H2,1-5H3,(H2,27,28)(H,30,33);6-7,9,12-13,15H,5,8,10-11H2,1-4H3,(H2,27,28)(H,29,32). The Balaban J connectivity index is 0.000000170. The lowest BCUT2D eigenvalue weighted by Gasteiger charge is -2.43. The van der Waals surface area contributed by atoms with E-state index in [1.54, 1.807) is 70.3 Å². The van der Waals surface area contributed by atoms with Crippen molar-refractivity contribution in [1.82, 2.24) is 59.1 Å². The smallest absolute Gasteiger partial charge is 0.258 e. The minimum Gasteiger partial charge on any atom is -0.497 e. The number of nitrogen functional groups attached to an aromatic ring is 3. The van der Waals surface area contributed by atoms with Gasteiger partial charge in [0.2, 0.25) is 0 Å². The molecule has 10 N–H and O–H groups in total. The average Bonchev–Trinajstić information content (AvgIpc) is 1.76. The summed E-state index contributed by atoms with van der Waals surface area (Å²) in [4.78, 5) is 66.5. The van der Waals surface area contributed by atoms with Crippen molar-refractivity contribution in [2.24, 2.45) is 5.92 Å². The van der Waals surface area contributed by atoms with Crippen LogP contribution in [0.15, 0.2) is 79.6 Å². The molecule has 1 aliphatic carbocycles. The van der Waals surface area contributed by atoms with Gasteiger partial charge in [-0.05, 0) is 131 Å². The maximum Gasteiger partial charge on any atom is 0.258 e. The quantitative estimate of drug-likeness (QED) is 0.0351. The number of nitrogens with zero attached hydrogens (tertiary/aromatic N) is 9. The van der Waals surface area contributed by atoms with Crippen LogP contribution in [-0.2, 0) is 4.74 Å². The molecule has 2 fully saturated rings. The number of nitrogens with two attached hydrogens (primary N) is 3. The minimum absolute atomic E-state index is 0.113. The summed E-state index contributed by atoms with van der Waals surface area (Å²) >= 11 is 18.9. The number of ether oxygens (including phenoxy) is 5. The first-order valence-electron chi connectivity index (χ1n) is 34.8. The molecule has 564 valence electrons. The van der Waals surface area contributed by atoms with E-state index in [1.807, 2.05) is 108 Å². The van der Waals surface area contributed by atoms with E-state index in [0.29, 0.717) is 124 Å². The van der Waals surface area contributed by atoms with Crippen molar-refractivity contribution in [2.45, 2.75) is 170 Å². The van der Waals surface area contributed by atoms with Crippen molar-refractivity contribution < 1.29 is 56.3 Å². The number of aryl methyl sites for hydroxylation is 3. The van der Waals surface area contributed by atoms with Gasteiger partial charge in [-0.25, -0.2) is 43.1 Å². The predicted molar refractivity (Wildman–Crippen MR) is 402 cm³/mol. The predicted octanol–water partition coefficient (Wildman–Crippen LogP) is 14.0. The Morgan fingerprint density at radius 2 is 0.972 bits per heavy atom. The molecule has 10 aromatic rings. The number of aliphatic hydroxyl groups is 1. The van der Waals surface area contributed by atoms with Crippen molar-refractivity contribution in [1.29, 1.82) is 0 Å². The third kappa shape index (κ3) is 16.5. The van der Waals surface area contributed by atoms with Crippen LogP contribution in [0.3, 0.4) is 0 Å². The maximum absolute atomic E-state index is 15.5. The van der Waals surface area contributed by atoms with Crippen LogP contribution in [0.2, 0.25) is 15.1 Å². The van der Waals surface area contributed by atoms with Gasteiger partial charge in [-0.3, -0.25) is 27.6 Å². The SMILES string of the molecule is COc1ccc(C(C)NC(=O)c2c(F)c(Cl)cc(C(C)c3nc(C)c4c(N)nccn34)c2OC(C)C)cc1.Cc1nc(C(C)c2cc(Cl)c(F)c(C(=O)NC3(C)CC(O)C3)c2OC(C)C)n2ccnc(N)c12.Cc1nc(C(C)c2cc(Cl)c(F)c(C(=O)NCC3CCOC3)c2OC(C)C)n2ccnc(N)c12. The highest BCUT2D eigenvalue weighted by atomic mass is 35.5. The van der Waals surface area contributed by atoms with E-state index in [0.717, 1.165) is 12.0 Å². The highest BCUT2D eigenvalue weighted by molar-refractivity contribution is 6.32. The molecule has 24 nitrogen and oxygen atoms in total. The molecule has 1 aliphatic heterocycles. The summed E-state index contributed by atoms with van der Waals surface area (Å²) in [7, 11) is 1.58. The lowest BCUT2D eigenvalue weighted by atomic mass is 9.76. The van der Waals surface area contributed by atoms with Gasteiger partial charge in [0.25, 0.3) is 17.7 Å². The van der Waals surface area contributed by atoms with Crippen LogP contribution in [0.25, 0.3) is 16.6 Å². The molecule has 0 bridgehead atoms. The second-order valence-corrected chi connectivity index (χ2v) is 29.0. The number of amides is 3. The van der Waals surface area contributed by atoms with Crippen LogP contribution in [0.5, 0.6) is 23.0 Å². The largest absolute Gasteiger partial charge is 0.497 e. The molecule has 1 saturated heterocycles. The molecule has 106 heavy (non-hydrogen) atoms. The second-order valence-electron chi connectivity index (χ2n) is 27.8. The van der Waals surface area contributed by atoms with Gasteiger partial charge in [0.15, 0.2) is 17.5 Å². The van der Waals surface area contributed by atoms with Crippen molar-refractivity contribution in [3.8, 4) is 23.0 Å². The van der Waals surface area contributed by atoms with Crippen molar-refractivity contribution in [2.75, 3.05) is 44.1 Å². The summed E-state index contributed by atoms with van der Waals surface area (Å²) in [6, 6.07) is 11.3. The zero-order chi connectivity index (χ0) is 77.2. The number of rotatable bonds is 21. The van der Waals surface area contributed by atoms with E-state index in [2.05, 4.69) is 35.9 Å². The summed E-state index contributed by atoms with van der Waals surface area (Å²) in [6.07, 6.45) is 10.2. The van der Waals surface area contributed by atoms with Crippen molar-refractivity contribution in [3.05, 3.63) is 186 Å². The lowest BCUT2D eigenvalue weighted by molar-refractivity contribution is 0.0125. The van der Waals surface area contributed by atoms with Gasteiger partial charge in [0.05, 0.1) is 76.3 Å². The molecule has 12 rings (SSSR count). The van der Waals surface area contributed by atoms with Crippen LogP contribution in [0.4, 0.5) is 30.6 Å². The number of nitrogens with one attached hydrogen (secondary N) is 3. The Hall–Kier alpha value is -9.67. The molecule has 2 aliphatic rings. The Morgan fingerprint density at radius 1 is 0.604 bits per heavy atom. The first-order chi connectivity index (χ1) is 50.1. The molecule has 7 heterocycles. The van der Waals surface area contributed by atoms with Gasteiger partial charge >= 0.3 is 0 Å². The van der Waals surface area contributed by atoms with E-state index in [-0.39, 0.29) is 73.2 Å². The summed E-state index contributed by atoms with van der Waals surface area (Å²) in [6.45, 7) is 27.3. The Morgan fingerprint density at radius 3 is 1.31 bits per heavy atom. The molecule has 0 spiro atoms. The van der Waals surface area contributed by atoms with Crippen molar-refractivity contribution >= 4 is 86.5 Å². The van der Waals surface area contributed by atoms with E-state index < -0.39 is 70.6 Å². The van der Waals surface area contributed by atoms with Gasteiger partial charge in [-0.1, -0.05) is 67.7 Å². The number of methoxy groups -OCH3 is 1. The third-order valence-electron chi connectivity index (χ3n) is 18.6. The molecule has 1 saturated carbocycles. The van der Waals surface area contributed by atoms with Gasteiger partial charge in [0.1, 0.15) is 91.2 Å². The number of aromatic nitrogens is 9. The zero-order valence-corrected chi connectivity index (χ0v) is 64.0. The fraction of sp³-hybridized carbons (Fsp3) is 0.408. The van der Waals surface area contributed by atoms with Gasteiger partial charge in [-0.2, -0.15) is 0 Å². The van der Waals surface area contributed by atoms with E-state index in [4.69, 9.17) is 85.7 Å². The molecular formula is C76H89Cl3F3N15O9. The van der Waals surface area contributed by atoms with E-state index in [1.165, 1.54) is 18.2 Å². The first kappa shape index (κ1) is 78.9. The average molecular weight is 1520 g/mol. The molecule has 3 amide bonds. The normalized spacial score (nSPS) is 16.8. The first-order valence-corrected chi connectivity index (χ1v) is 35.9. The van der Waals surface area contributed by atoms with Gasteiger partial charge in [-0.15, -0.1) is 0 Å². The fourth-order valence-electron chi connectivity index (χ4n) is 13.4. The Kier molecular flexibility index (Phi) is 24.3. The molecule has 5 atom stereocenters. The number of benzene rings is 4. The molecule has 5 unspecified atom stereocenters. The number of imidazole rings is 3. The summed E-state index contributed by atoms with van der Waals surface area (Å²) < 4.78 is 80.4. The highest BCUT2D eigenvalue weighted by Crippen LogP contribution is 2.45. The monoisotopic (exact) mass is 1520 g/mol. The number of halogens is 6. The van der Waals surface area contributed by atoms with Crippen LogP contribution in [0, 0.1) is 44.1 Å². The highest BCUT2D eigenvalue weighted by Gasteiger charge is 2.42. The fourth-order valence-corrected chi connectivity index (χ4v) is 14.1. The maximum atomic E-state index is 15.5. The Bertz CT molecular complexity index is 4940. The summed E-state index contributed by atoms with van der Waals surface area (Å²) in [5.41, 5.74) is 23.5. The molecule has 30 heteroatoms. The number of carbonyl (C=O) groups is 3. The molecule has 4 aromatic carbocycles. The molecule has 0 radical (unpaired) electrons. The van der Waals surface area contributed by atoms with Crippen molar-refractivity contribution in [3.63, 3.8) is 0 Å². The van der Waals surface area contributed by atoms with E-state index >= 15 is 13.2 Å². The third-order valence-corrected chi connectivity index (χ3v) is 19.4. The van der Waals surface area contributed by atoms with Crippen LogP contribution < -0.4 is 52.1 Å². The summed E-state index contributed by atoms with van der Waals surface area (Å²) in [5, 5.41) is 17.7. The van der Waals surface area contributed by atoms with Gasteiger partial charge in [0, 0.05) is 96.2 Å². The number of anilines is 3. The van der Waals surface area contributed by atoms with Gasteiger partial charge < -0.3 is 61.9 Å². The van der Waals surface area contributed by atoms with Crippen LogP contribution in [0.1, 0.15) is 207 Å². The number of aliphatic hydroxyl groups excluding tert-OH is 1. The molecular weight excluding hydrogens is 1430 g/mol. The topological polar surface area (TPSA) is 322 Å². The van der Waals surface area contributed by atoms with Crippen LogP contribution >= 0.6 is 34.8 Å². The zero-order valence-electron chi connectivity index (χ0n) is 61.7. The lowest BCUT2D eigenvalue weighted by Crippen LogP contribution is -2.57. The number of hydrogen-bond donors (Lipinski definition) is 7. The van der Waals surface area contributed by atoms with Crippen LogP contribution in [-0.4, -0.2) is 123 Å². The van der Waals surface area contributed by atoms with E-state index in [9.17, 15) is 19.5 Å². The number of fused-ring (bicyclic) bond motifs is 3. The Labute approximate surface area is 627 Å². The second kappa shape index (κ2) is 32.6. The number of carbonyl (C=O) groups excluding carboxylic acids is 3.